The summed E-state index contributed by atoms with van der Waals surface area (Å²) < 4.78 is 0. The van der Waals surface area contributed by atoms with Gasteiger partial charge in [0.15, 0.2) is 0 Å². The molecule has 1 saturated heterocycles. The summed E-state index contributed by atoms with van der Waals surface area (Å²) >= 11 is 0. The minimum absolute atomic E-state index is 0.336. The molecule has 96 valence electrons. The van der Waals surface area contributed by atoms with Crippen LogP contribution in [0, 0.1) is 0 Å². The van der Waals surface area contributed by atoms with Crippen molar-refractivity contribution in [2.24, 2.45) is 0 Å². The molecule has 1 aliphatic rings. The van der Waals surface area contributed by atoms with E-state index in [9.17, 15) is 0 Å². The van der Waals surface area contributed by atoms with Crippen molar-refractivity contribution in [3.05, 3.63) is 0 Å². The van der Waals surface area contributed by atoms with Crippen molar-refractivity contribution in [2.45, 2.75) is 46.2 Å². The average molecular weight is 227 g/mol. The molecule has 1 N–H and O–H groups in total. The van der Waals surface area contributed by atoms with E-state index in [4.69, 9.17) is 0 Å². The van der Waals surface area contributed by atoms with Crippen LogP contribution in [-0.4, -0.2) is 60.6 Å². The van der Waals surface area contributed by atoms with E-state index in [0.29, 0.717) is 11.6 Å². The molecule has 3 heteroatoms. The van der Waals surface area contributed by atoms with Crippen molar-refractivity contribution in [3.8, 4) is 0 Å². The number of nitrogens with one attached hydrogen (secondary N) is 1. The van der Waals surface area contributed by atoms with Gasteiger partial charge in [-0.15, -0.1) is 0 Å². The molecule has 0 spiro atoms. The first-order chi connectivity index (χ1) is 7.39. The van der Waals surface area contributed by atoms with Gasteiger partial charge in [0.2, 0.25) is 0 Å². The molecule has 1 aliphatic heterocycles. The van der Waals surface area contributed by atoms with Crippen molar-refractivity contribution in [1.82, 2.24) is 15.1 Å². The van der Waals surface area contributed by atoms with Crippen LogP contribution in [0.3, 0.4) is 0 Å². The molecule has 1 rings (SSSR count). The molecular weight excluding hydrogens is 198 g/mol. The summed E-state index contributed by atoms with van der Waals surface area (Å²) in [6.07, 6.45) is 0. The SMILES string of the molecule is CC(C)NCCN1CCN(C(C)(C)C)CC1. The Bertz CT molecular complexity index is 188. The van der Waals surface area contributed by atoms with Crippen LogP contribution >= 0.6 is 0 Å². The van der Waals surface area contributed by atoms with Crippen LogP contribution in [0.5, 0.6) is 0 Å². The molecule has 0 saturated carbocycles. The van der Waals surface area contributed by atoms with Gasteiger partial charge >= 0.3 is 0 Å². The smallest absolute Gasteiger partial charge is 0.0126 e. The lowest BCUT2D eigenvalue weighted by Crippen LogP contribution is -2.54. The normalized spacial score (nSPS) is 20.6. The standard InChI is InChI=1S/C13H29N3/c1-12(2)14-6-7-15-8-10-16(11-9-15)13(3,4)5/h12,14H,6-11H2,1-5H3. The van der Waals surface area contributed by atoms with Gasteiger partial charge in [0.1, 0.15) is 0 Å². The number of nitrogens with zero attached hydrogens (tertiary/aromatic N) is 2. The van der Waals surface area contributed by atoms with Gasteiger partial charge in [0, 0.05) is 50.8 Å². The second-order valence-corrected chi connectivity index (χ2v) is 6.11. The third-order valence-corrected chi connectivity index (χ3v) is 3.30. The van der Waals surface area contributed by atoms with Crippen molar-refractivity contribution < 1.29 is 0 Å². The summed E-state index contributed by atoms with van der Waals surface area (Å²) in [5.74, 6) is 0. The molecular formula is C13H29N3. The van der Waals surface area contributed by atoms with Crippen molar-refractivity contribution >= 4 is 0 Å². The van der Waals surface area contributed by atoms with E-state index in [1.54, 1.807) is 0 Å². The first kappa shape index (κ1) is 13.9. The van der Waals surface area contributed by atoms with Crippen LogP contribution in [0.25, 0.3) is 0 Å². The predicted octanol–water partition coefficient (Wildman–Crippen LogP) is 1.40. The molecule has 1 fully saturated rings. The second kappa shape index (κ2) is 5.99. The summed E-state index contributed by atoms with van der Waals surface area (Å²) in [6, 6.07) is 0.607. The zero-order valence-electron chi connectivity index (χ0n) is 11.7. The van der Waals surface area contributed by atoms with E-state index in [2.05, 4.69) is 49.7 Å². The predicted molar refractivity (Wildman–Crippen MR) is 70.9 cm³/mol. The Morgan fingerprint density at radius 3 is 2.06 bits per heavy atom. The first-order valence-electron chi connectivity index (χ1n) is 6.60. The number of rotatable bonds is 4. The lowest BCUT2D eigenvalue weighted by Gasteiger charge is -2.42. The number of hydrogen-bond donors (Lipinski definition) is 1. The van der Waals surface area contributed by atoms with Crippen LogP contribution < -0.4 is 5.32 Å². The Balaban J connectivity index is 2.17. The van der Waals surface area contributed by atoms with E-state index < -0.39 is 0 Å². The molecule has 0 unspecified atom stereocenters. The summed E-state index contributed by atoms with van der Waals surface area (Å²) in [5, 5.41) is 3.48. The quantitative estimate of drug-likeness (QED) is 0.783. The first-order valence-corrected chi connectivity index (χ1v) is 6.60. The van der Waals surface area contributed by atoms with Gasteiger partial charge in [-0.1, -0.05) is 13.8 Å². The second-order valence-electron chi connectivity index (χ2n) is 6.11. The highest BCUT2D eigenvalue weighted by molar-refractivity contribution is 4.82. The Kier molecular flexibility index (Phi) is 5.22. The van der Waals surface area contributed by atoms with E-state index in [0.717, 1.165) is 6.54 Å². The van der Waals surface area contributed by atoms with E-state index in [1.165, 1.54) is 32.7 Å². The van der Waals surface area contributed by atoms with Crippen molar-refractivity contribution in [3.63, 3.8) is 0 Å². The Labute approximate surface area is 101 Å². The molecule has 3 nitrogen and oxygen atoms in total. The molecule has 0 aromatic heterocycles. The van der Waals surface area contributed by atoms with Gasteiger partial charge in [0.05, 0.1) is 0 Å². The Hall–Kier alpha value is -0.120. The van der Waals surface area contributed by atoms with Crippen LogP contribution in [0.2, 0.25) is 0 Å². The highest BCUT2D eigenvalue weighted by atomic mass is 15.3. The maximum absolute atomic E-state index is 3.48. The molecule has 0 aliphatic carbocycles. The van der Waals surface area contributed by atoms with Gasteiger partial charge in [-0.2, -0.15) is 0 Å². The Morgan fingerprint density at radius 2 is 1.62 bits per heavy atom. The summed E-state index contributed by atoms with van der Waals surface area (Å²) in [4.78, 5) is 5.15. The summed E-state index contributed by atoms with van der Waals surface area (Å²) in [6.45, 7) is 18.5. The van der Waals surface area contributed by atoms with Gasteiger partial charge in [-0.25, -0.2) is 0 Å². The van der Waals surface area contributed by atoms with Crippen molar-refractivity contribution in [1.29, 1.82) is 0 Å². The molecule has 0 amide bonds. The topological polar surface area (TPSA) is 18.5 Å². The zero-order chi connectivity index (χ0) is 12.2. The molecule has 0 atom stereocenters. The fourth-order valence-electron chi connectivity index (χ4n) is 2.15. The molecule has 0 bridgehead atoms. The highest BCUT2D eigenvalue weighted by Gasteiger charge is 2.25. The fourth-order valence-corrected chi connectivity index (χ4v) is 2.15. The summed E-state index contributed by atoms with van der Waals surface area (Å²) in [7, 11) is 0. The third-order valence-electron chi connectivity index (χ3n) is 3.30. The van der Waals surface area contributed by atoms with Gasteiger partial charge in [0.25, 0.3) is 0 Å². The van der Waals surface area contributed by atoms with E-state index >= 15 is 0 Å². The van der Waals surface area contributed by atoms with Crippen LogP contribution in [0.15, 0.2) is 0 Å². The minimum Gasteiger partial charge on any atom is -0.313 e. The molecule has 0 radical (unpaired) electrons. The van der Waals surface area contributed by atoms with Crippen LogP contribution in [0.1, 0.15) is 34.6 Å². The van der Waals surface area contributed by atoms with Crippen LogP contribution in [-0.2, 0) is 0 Å². The van der Waals surface area contributed by atoms with E-state index in [-0.39, 0.29) is 0 Å². The molecule has 0 aromatic carbocycles. The molecule has 1 heterocycles. The van der Waals surface area contributed by atoms with Crippen molar-refractivity contribution in [2.75, 3.05) is 39.3 Å². The molecule has 0 aromatic rings. The lowest BCUT2D eigenvalue weighted by atomic mass is 10.1. The zero-order valence-corrected chi connectivity index (χ0v) is 11.7. The van der Waals surface area contributed by atoms with Gasteiger partial charge in [-0.05, 0) is 20.8 Å². The maximum atomic E-state index is 3.48. The fraction of sp³-hybridized carbons (Fsp3) is 1.00. The lowest BCUT2D eigenvalue weighted by molar-refractivity contribution is 0.0626. The van der Waals surface area contributed by atoms with Gasteiger partial charge in [-0.3, -0.25) is 9.80 Å². The van der Waals surface area contributed by atoms with Crippen LogP contribution in [0.4, 0.5) is 0 Å². The largest absolute Gasteiger partial charge is 0.313 e. The van der Waals surface area contributed by atoms with E-state index in [1.807, 2.05) is 0 Å². The molecule has 16 heavy (non-hydrogen) atoms. The highest BCUT2D eigenvalue weighted by Crippen LogP contribution is 2.15. The third kappa shape index (κ3) is 4.81. The number of hydrogen-bond acceptors (Lipinski definition) is 3. The Morgan fingerprint density at radius 1 is 1.06 bits per heavy atom. The van der Waals surface area contributed by atoms with Gasteiger partial charge < -0.3 is 5.32 Å². The number of piperazine rings is 1. The average Bonchev–Trinajstić information content (AvgIpc) is 2.16. The monoisotopic (exact) mass is 227 g/mol. The minimum atomic E-state index is 0.336. The maximum Gasteiger partial charge on any atom is 0.0126 e. The summed E-state index contributed by atoms with van der Waals surface area (Å²) in [5.41, 5.74) is 0.336.